The minimum Gasteiger partial charge on any atom is -0.459 e. The Labute approximate surface area is 317 Å². The lowest BCUT2D eigenvalue weighted by Crippen LogP contribution is -2.35. The number of unbranched alkanes of at least 4 members (excludes halogenated alkanes) is 34. The summed E-state index contributed by atoms with van der Waals surface area (Å²) in [6.07, 6.45) is 55.4. The zero-order valence-corrected chi connectivity index (χ0v) is 35.5. The number of hydrogen-bond donors (Lipinski definition) is 0. The molecule has 0 bridgehead atoms. The largest absolute Gasteiger partial charge is 0.459 e. The average molecular weight is 705 g/mol. The Bertz CT molecular complexity index is 644. The van der Waals surface area contributed by atoms with Crippen molar-refractivity contribution in [2.75, 3.05) is 0 Å². The van der Waals surface area contributed by atoms with Gasteiger partial charge in [0.05, 0.1) is 0 Å². The highest BCUT2D eigenvalue weighted by Gasteiger charge is 2.32. The van der Waals surface area contributed by atoms with E-state index in [-0.39, 0.29) is 11.6 Å². The highest BCUT2D eigenvalue weighted by Crippen LogP contribution is 2.34. The van der Waals surface area contributed by atoms with E-state index >= 15 is 0 Å². The van der Waals surface area contributed by atoms with Crippen LogP contribution >= 0.6 is 0 Å². The molecule has 50 heavy (non-hydrogen) atoms. The molecule has 0 spiro atoms. The van der Waals surface area contributed by atoms with Crippen molar-refractivity contribution in [2.45, 2.75) is 303 Å². The third-order valence-electron chi connectivity index (χ3n) is 11.5. The predicted octanol–water partition coefficient (Wildman–Crippen LogP) is 17.7. The first-order chi connectivity index (χ1) is 24.6. The lowest BCUT2D eigenvalue weighted by molar-refractivity contribution is -0.163. The summed E-state index contributed by atoms with van der Waals surface area (Å²) in [6.45, 7) is 9.19. The van der Waals surface area contributed by atoms with Gasteiger partial charge in [-0.2, -0.15) is 0 Å². The second kappa shape index (κ2) is 41.2. The standard InChI is InChI=1S/C48H96O2/c1-5-9-13-16-19-21-23-25-26-27-28-30-32-35-38-42-46-48(44-40-12-8-4,50-47(49)43-39-36-33-18-15-11-7-3)45-41-37-34-31-29-24-22-20-17-14-10-6-2/h5-46H2,1-4H3. The van der Waals surface area contributed by atoms with Crippen LogP contribution < -0.4 is 0 Å². The van der Waals surface area contributed by atoms with Gasteiger partial charge in [0.1, 0.15) is 5.60 Å². The van der Waals surface area contributed by atoms with Crippen LogP contribution in [0.3, 0.4) is 0 Å². The fourth-order valence-corrected chi connectivity index (χ4v) is 8.03. The molecule has 300 valence electrons. The first-order valence-corrected chi connectivity index (χ1v) is 23.9. The van der Waals surface area contributed by atoms with E-state index in [1.165, 1.54) is 238 Å². The van der Waals surface area contributed by atoms with E-state index < -0.39 is 0 Å². The fraction of sp³-hybridized carbons (Fsp3) is 0.979. The van der Waals surface area contributed by atoms with E-state index in [4.69, 9.17) is 4.74 Å². The summed E-state index contributed by atoms with van der Waals surface area (Å²) in [7, 11) is 0. The van der Waals surface area contributed by atoms with E-state index in [9.17, 15) is 4.79 Å². The molecule has 0 rings (SSSR count). The predicted molar refractivity (Wildman–Crippen MR) is 225 cm³/mol. The van der Waals surface area contributed by atoms with Crippen LogP contribution in [-0.4, -0.2) is 11.6 Å². The van der Waals surface area contributed by atoms with Crippen molar-refractivity contribution >= 4 is 5.97 Å². The second-order valence-corrected chi connectivity index (χ2v) is 16.7. The van der Waals surface area contributed by atoms with E-state index in [2.05, 4.69) is 27.7 Å². The van der Waals surface area contributed by atoms with E-state index in [1.807, 2.05) is 0 Å². The maximum atomic E-state index is 13.3. The Hall–Kier alpha value is -0.530. The smallest absolute Gasteiger partial charge is 0.306 e. The Morgan fingerprint density at radius 1 is 0.300 bits per heavy atom. The first kappa shape index (κ1) is 49.5. The Morgan fingerprint density at radius 3 is 0.780 bits per heavy atom. The van der Waals surface area contributed by atoms with Gasteiger partial charge in [-0.25, -0.2) is 0 Å². The Balaban J connectivity index is 4.60. The van der Waals surface area contributed by atoms with Crippen molar-refractivity contribution in [3.05, 3.63) is 0 Å². The lowest BCUT2D eigenvalue weighted by atomic mass is 9.84. The summed E-state index contributed by atoms with van der Waals surface area (Å²) in [5, 5.41) is 0. The molecule has 0 N–H and O–H groups in total. The molecule has 0 saturated carbocycles. The highest BCUT2D eigenvalue weighted by molar-refractivity contribution is 5.69. The zero-order chi connectivity index (χ0) is 36.5. The zero-order valence-electron chi connectivity index (χ0n) is 35.5. The molecule has 0 aliphatic heterocycles. The van der Waals surface area contributed by atoms with Gasteiger partial charge in [-0.05, 0) is 44.9 Å². The molecule has 0 fully saturated rings. The van der Waals surface area contributed by atoms with Crippen molar-refractivity contribution in [1.29, 1.82) is 0 Å². The van der Waals surface area contributed by atoms with E-state index in [0.29, 0.717) is 6.42 Å². The fourth-order valence-electron chi connectivity index (χ4n) is 8.03. The van der Waals surface area contributed by atoms with E-state index in [0.717, 1.165) is 25.7 Å². The molecule has 0 amide bonds. The molecule has 0 aromatic carbocycles. The molecule has 0 aliphatic carbocycles. The van der Waals surface area contributed by atoms with Gasteiger partial charge in [0.15, 0.2) is 0 Å². The molecule has 0 aliphatic rings. The van der Waals surface area contributed by atoms with Crippen LogP contribution in [0.2, 0.25) is 0 Å². The van der Waals surface area contributed by atoms with Gasteiger partial charge in [-0.3, -0.25) is 4.79 Å². The van der Waals surface area contributed by atoms with Crippen molar-refractivity contribution in [3.8, 4) is 0 Å². The van der Waals surface area contributed by atoms with Gasteiger partial charge in [-0.15, -0.1) is 0 Å². The van der Waals surface area contributed by atoms with Crippen LogP contribution in [0.25, 0.3) is 0 Å². The molecule has 1 unspecified atom stereocenters. The van der Waals surface area contributed by atoms with Crippen molar-refractivity contribution in [1.82, 2.24) is 0 Å². The number of hydrogen-bond acceptors (Lipinski definition) is 2. The van der Waals surface area contributed by atoms with Crippen molar-refractivity contribution in [3.63, 3.8) is 0 Å². The minimum atomic E-state index is -0.206. The maximum Gasteiger partial charge on any atom is 0.306 e. The van der Waals surface area contributed by atoms with Crippen molar-refractivity contribution in [2.24, 2.45) is 0 Å². The summed E-state index contributed by atoms with van der Waals surface area (Å²) < 4.78 is 6.62. The highest BCUT2D eigenvalue weighted by atomic mass is 16.6. The Kier molecular flexibility index (Phi) is 40.8. The van der Waals surface area contributed by atoms with Gasteiger partial charge in [0.2, 0.25) is 0 Å². The van der Waals surface area contributed by atoms with Gasteiger partial charge in [0.25, 0.3) is 0 Å². The number of carbonyl (C=O) groups excluding carboxylic acids is 1. The number of esters is 1. The van der Waals surface area contributed by atoms with E-state index in [1.54, 1.807) is 0 Å². The van der Waals surface area contributed by atoms with Crippen LogP contribution in [0.4, 0.5) is 0 Å². The normalized spacial score (nSPS) is 12.8. The average Bonchev–Trinajstić information content (AvgIpc) is 3.11. The molecule has 0 saturated heterocycles. The summed E-state index contributed by atoms with van der Waals surface area (Å²) in [5.74, 6) is 0.102. The second-order valence-electron chi connectivity index (χ2n) is 16.7. The van der Waals surface area contributed by atoms with Gasteiger partial charge >= 0.3 is 5.97 Å². The van der Waals surface area contributed by atoms with Crippen LogP contribution in [0, 0.1) is 0 Å². The lowest BCUT2D eigenvalue weighted by Gasteiger charge is -2.34. The molecule has 0 aromatic rings. The van der Waals surface area contributed by atoms with Crippen LogP contribution in [-0.2, 0) is 9.53 Å². The van der Waals surface area contributed by atoms with Crippen LogP contribution in [0.1, 0.15) is 297 Å². The molecular weight excluding hydrogens is 609 g/mol. The van der Waals surface area contributed by atoms with Crippen LogP contribution in [0.15, 0.2) is 0 Å². The summed E-state index contributed by atoms with van der Waals surface area (Å²) in [4.78, 5) is 13.3. The summed E-state index contributed by atoms with van der Waals surface area (Å²) in [5.41, 5.74) is -0.206. The van der Waals surface area contributed by atoms with Gasteiger partial charge in [0, 0.05) is 6.42 Å². The third kappa shape index (κ3) is 35.9. The molecule has 2 nitrogen and oxygen atoms in total. The van der Waals surface area contributed by atoms with Gasteiger partial charge in [-0.1, -0.05) is 246 Å². The maximum absolute atomic E-state index is 13.3. The topological polar surface area (TPSA) is 26.3 Å². The Morgan fingerprint density at radius 2 is 0.500 bits per heavy atom. The SMILES string of the molecule is CCCCCCCCCCCCCCCCCCC(CCCCC)(CCCCCCCCCCCCCC)OC(=O)CCCCCCCCC. The van der Waals surface area contributed by atoms with Gasteiger partial charge < -0.3 is 4.74 Å². The number of ether oxygens (including phenoxy) is 1. The molecule has 2 heteroatoms. The summed E-state index contributed by atoms with van der Waals surface area (Å²) >= 11 is 0. The number of rotatable bonds is 43. The molecular formula is C48H96O2. The molecule has 1 atom stereocenters. The molecule has 0 radical (unpaired) electrons. The molecule has 0 heterocycles. The monoisotopic (exact) mass is 705 g/mol. The van der Waals surface area contributed by atoms with Crippen LogP contribution in [0.5, 0.6) is 0 Å². The third-order valence-corrected chi connectivity index (χ3v) is 11.5. The quantitative estimate of drug-likeness (QED) is 0.0466. The first-order valence-electron chi connectivity index (χ1n) is 23.9. The molecule has 0 aromatic heterocycles. The summed E-state index contributed by atoms with van der Waals surface area (Å²) in [6, 6.07) is 0. The number of carbonyl (C=O) groups is 1. The van der Waals surface area contributed by atoms with Crippen molar-refractivity contribution < 1.29 is 9.53 Å². The minimum absolute atomic E-state index is 0.102.